The zero-order valence-electron chi connectivity index (χ0n) is 15.7. The number of carbonyl (C=O) groups is 2. The van der Waals surface area contributed by atoms with Crippen LogP contribution in [0.5, 0.6) is 0 Å². The number of fused-ring (bicyclic) bond motifs is 1. The zero-order chi connectivity index (χ0) is 19.8. The molecule has 5 nitrogen and oxygen atoms in total. The van der Waals surface area contributed by atoms with Gasteiger partial charge in [0.15, 0.2) is 0 Å². The molecule has 0 unspecified atom stereocenters. The molecule has 3 rings (SSSR count). The molecule has 0 aliphatic carbocycles. The molecular formula is C21H23N3O2S2. The van der Waals surface area contributed by atoms with Gasteiger partial charge >= 0.3 is 0 Å². The average molecular weight is 414 g/mol. The lowest BCUT2D eigenvalue weighted by molar-refractivity contribution is 0.0954. The van der Waals surface area contributed by atoms with Crippen LogP contribution in [0.25, 0.3) is 10.1 Å². The number of hydrogen-bond donors (Lipinski definition) is 2. The number of hydrogen-bond acceptors (Lipinski definition) is 5. The lowest BCUT2D eigenvalue weighted by Crippen LogP contribution is -2.26. The molecule has 0 saturated carbocycles. The van der Waals surface area contributed by atoms with E-state index >= 15 is 0 Å². The molecule has 0 atom stereocenters. The van der Waals surface area contributed by atoms with Crippen LogP contribution in [0.3, 0.4) is 0 Å². The number of para-hydroxylation sites is 1. The number of thioether (sulfide) groups is 1. The van der Waals surface area contributed by atoms with Crippen LogP contribution >= 0.6 is 23.3 Å². The van der Waals surface area contributed by atoms with Crippen molar-refractivity contribution in [2.45, 2.75) is 19.8 Å². The van der Waals surface area contributed by atoms with Crippen molar-refractivity contribution in [1.82, 2.24) is 9.69 Å². The Morgan fingerprint density at radius 3 is 2.68 bits per heavy atom. The maximum absolute atomic E-state index is 12.7. The monoisotopic (exact) mass is 413 g/mol. The molecule has 2 N–H and O–H groups in total. The number of benzene rings is 2. The first-order chi connectivity index (χ1) is 13.7. The SMILES string of the molecule is CCCSCCCNC(=O)c1ccccc1NC(=O)c1nsc2ccccc12. The summed E-state index contributed by atoms with van der Waals surface area (Å²) in [5.74, 6) is 1.69. The van der Waals surface area contributed by atoms with E-state index in [0.717, 1.165) is 28.0 Å². The highest BCUT2D eigenvalue weighted by molar-refractivity contribution is 7.99. The van der Waals surface area contributed by atoms with E-state index in [1.165, 1.54) is 18.0 Å². The van der Waals surface area contributed by atoms with E-state index in [0.29, 0.717) is 23.5 Å². The van der Waals surface area contributed by atoms with E-state index in [1.807, 2.05) is 36.0 Å². The molecule has 0 spiro atoms. The molecule has 28 heavy (non-hydrogen) atoms. The fourth-order valence-corrected chi connectivity index (χ4v) is 4.35. The van der Waals surface area contributed by atoms with E-state index in [-0.39, 0.29) is 11.8 Å². The normalized spacial score (nSPS) is 10.8. The summed E-state index contributed by atoms with van der Waals surface area (Å²) in [6.07, 6.45) is 2.09. The molecule has 1 aromatic heterocycles. The molecule has 2 aromatic carbocycles. The Balaban J connectivity index is 1.65. The predicted octanol–water partition coefficient (Wildman–Crippen LogP) is 4.81. The van der Waals surface area contributed by atoms with Crippen molar-refractivity contribution in [3.63, 3.8) is 0 Å². The van der Waals surface area contributed by atoms with Gasteiger partial charge in [-0.2, -0.15) is 16.1 Å². The van der Waals surface area contributed by atoms with Gasteiger partial charge in [0.2, 0.25) is 0 Å². The van der Waals surface area contributed by atoms with Crippen LogP contribution in [0.15, 0.2) is 48.5 Å². The maximum atomic E-state index is 12.7. The summed E-state index contributed by atoms with van der Waals surface area (Å²) in [6, 6.07) is 14.7. The third-order valence-electron chi connectivity index (χ3n) is 4.11. The number of rotatable bonds is 9. The second-order valence-electron chi connectivity index (χ2n) is 6.25. The molecule has 0 bridgehead atoms. The molecule has 146 valence electrons. The number of carbonyl (C=O) groups excluding carboxylic acids is 2. The number of anilines is 1. The molecule has 3 aromatic rings. The van der Waals surface area contributed by atoms with Gasteiger partial charge in [0.25, 0.3) is 11.8 Å². The summed E-state index contributed by atoms with van der Waals surface area (Å²) in [5.41, 5.74) is 1.32. The van der Waals surface area contributed by atoms with Crippen LogP contribution < -0.4 is 10.6 Å². The lowest BCUT2D eigenvalue weighted by atomic mass is 10.1. The van der Waals surface area contributed by atoms with Crippen LogP contribution in [0.4, 0.5) is 5.69 Å². The first-order valence-corrected chi connectivity index (χ1v) is 11.2. The van der Waals surface area contributed by atoms with Crippen molar-refractivity contribution in [3.05, 3.63) is 59.8 Å². The van der Waals surface area contributed by atoms with Gasteiger partial charge in [-0.3, -0.25) is 9.59 Å². The van der Waals surface area contributed by atoms with Crippen molar-refractivity contribution in [2.75, 3.05) is 23.4 Å². The smallest absolute Gasteiger partial charge is 0.276 e. The first-order valence-electron chi connectivity index (χ1n) is 9.31. The quantitative estimate of drug-likeness (QED) is 0.494. The Morgan fingerprint density at radius 2 is 1.82 bits per heavy atom. The third kappa shape index (κ3) is 5.11. The van der Waals surface area contributed by atoms with Gasteiger partial charge in [0.1, 0.15) is 5.69 Å². The highest BCUT2D eigenvalue weighted by Crippen LogP contribution is 2.24. The molecule has 0 aliphatic heterocycles. The zero-order valence-corrected chi connectivity index (χ0v) is 17.4. The Bertz CT molecular complexity index is 955. The summed E-state index contributed by atoms with van der Waals surface area (Å²) in [7, 11) is 0. The highest BCUT2D eigenvalue weighted by atomic mass is 32.2. The van der Waals surface area contributed by atoms with Crippen molar-refractivity contribution >= 4 is 50.9 Å². The van der Waals surface area contributed by atoms with E-state index in [2.05, 4.69) is 21.9 Å². The van der Waals surface area contributed by atoms with E-state index < -0.39 is 0 Å². The molecule has 0 fully saturated rings. The summed E-state index contributed by atoms with van der Waals surface area (Å²) < 4.78 is 5.24. The van der Waals surface area contributed by atoms with Crippen molar-refractivity contribution in [1.29, 1.82) is 0 Å². The van der Waals surface area contributed by atoms with Gasteiger partial charge in [-0.1, -0.05) is 37.3 Å². The molecular weight excluding hydrogens is 390 g/mol. The average Bonchev–Trinajstić information content (AvgIpc) is 3.15. The Kier molecular flexibility index (Phi) is 7.45. The molecule has 2 amide bonds. The number of nitrogens with one attached hydrogen (secondary N) is 2. The fraction of sp³-hybridized carbons (Fsp3) is 0.286. The fourth-order valence-electron chi connectivity index (χ4n) is 2.74. The number of nitrogens with zero attached hydrogens (tertiary/aromatic N) is 1. The second kappa shape index (κ2) is 10.2. The van der Waals surface area contributed by atoms with Crippen LogP contribution in [0.2, 0.25) is 0 Å². The van der Waals surface area contributed by atoms with Crippen LogP contribution in [-0.2, 0) is 0 Å². The topological polar surface area (TPSA) is 71.1 Å². The largest absolute Gasteiger partial charge is 0.352 e. The summed E-state index contributed by atoms with van der Waals surface area (Å²) in [6.45, 7) is 2.78. The second-order valence-corrected chi connectivity index (χ2v) is 8.28. The van der Waals surface area contributed by atoms with Gasteiger partial charge in [-0.15, -0.1) is 0 Å². The van der Waals surface area contributed by atoms with Gasteiger partial charge in [-0.05, 0) is 54.1 Å². The van der Waals surface area contributed by atoms with Gasteiger partial charge in [-0.25, -0.2) is 0 Å². The third-order valence-corrected chi connectivity index (χ3v) is 6.21. The van der Waals surface area contributed by atoms with Gasteiger partial charge in [0, 0.05) is 11.9 Å². The van der Waals surface area contributed by atoms with E-state index in [1.54, 1.807) is 24.3 Å². The van der Waals surface area contributed by atoms with Crippen molar-refractivity contribution < 1.29 is 9.59 Å². The molecule has 1 heterocycles. The first kappa shape index (κ1) is 20.4. The van der Waals surface area contributed by atoms with Crippen LogP contribution in [0, 0.1) is 0 Å². The van der Waals surface area contributed by atoms with Crippen LogP contribution in [0.1, 0.15) is 40.6 Å². The minimum absolute atomic E-state index is 0.181. The Morgan fingerprint density at radius 1 is 1.04 bits per heavy atom. The lowest BCUT2D eigenvalue weighted by Gasteiger charge is -2.11. The maximum Gasteiger partial charge on any atom is 0.276 e. The number of amides is 2. The molecule has 7 heteroatoms. The minimum atomic E-state index is -0.311. The van der Waals surface area contributed by atoms with Crippen molar-refractivity contribution in [2.24, 2.45) is 0 Å². The molecule has 0 radical (unpaired) electrons. The summed E-state index contributed by atoms with van der Waals surface area (Å²) in [5, 5.41) is 6.60. The Hall–Kier alpha value is -2.38. The van der Waals surface area contributed by atoms with Gasteiger partial charge < -0.3 is 10.6 Å². The molecule has 0 aliphatic rings. The summed E-state index contributed by atoms with van der Waals surface area (Å²) >= 11 is 3.19. The van der Waals surface area contributed by atoms with Gasteiger partial charge in [0.05, 0.1) is 16.0 Å². The van der Waals surface area contributed by atoms with Crippen molar-refractivity contribution in [3.8, 4) is 0 Å². The molecule has 0 saturated heterocycles. The standard InChI is InChI=1S/C21H23N3O2S2/c1-2-13-27-14-7-12-22-20(25)15-8-3-5-10-17(15)23-21(26)19-16-9-4-6-11-18(16)28-24-19/h3-6,8-11H,2,7,12-14H2,1H3,(H,22,25)(H,23,26). The highest BCUT2D eigenvalue weighted by Gasteiger charge is 2.17. The minimum Gasteiger partial charge on any atom is -0.352 e. The van der Waals surface area contributed by atoms with Crippen LogP contribution in [-0.4, -0.2) is 34.2 Å². The number of aromatic nitrogens is 1. The Labute approximate surface area is 173 Å². The predicted molar refractivity (Wildman–Crippen MR) is 119 cm³/mol. The van der Waals surface area contributed by atoms with E-state index in [4.69, 9.17) is 0 Å². The summed E-state index contributed by atoms with van der Waals surface area (Å²) in [4.78, 5) is 25.3. The van der Waals surface area contributed by atoms with E-state index in [9.17, 15) is 9.59 Å².